The van der Waals surface area contributed by atoms with Crippen LogP contribution in [0.25, 0.3) is 27.5 Å². The van der Waals surface area contributed by atoms with E-state index in [0.29, 0.717) is 19.4 Å². The van der Waals surface area contributed by atoms with Gasteiger partial charge in [0.2, 0.25) is 0 Å². The molecule has 1 aliphatic rings. The lowest BCUT2D eigenvalue weighted by Crippen LogP contribution is -2.41. The van der Waals surface area contributed by atoms with Crippen LogP contribution in [0.3, 0.4) is 0 Å². The van der Waals surface area contributed by atoms with E-state index in [1.54, 1.807) is 25.4 Å². The average Bonchev–Trinajstić information content (AvgIpc) is 3.32. The maximum Gasteiger partial charge on any atom is 0.309 e. The molecule has 0 radical (unpaired) electrons. The zero-order valence-corrected chi connectivity index (χ0v) is 19.3. The number of carboxylic acids is 1. The van der Waals surface area contributed by atoms with E-state index in [1.165, 1.54) is 12.1 Å². The van der Waals surface area contributed by atoms with Crippen LogP contribution in [0.2, 0.25) is 0 Å². The zero-order chi connectivity index (χ0) is 23.5. The Kier molecular flexibility index (Phi) is 4.86. The van der Waals surface area contributed by atoms with Crippen LogP contribution in [-0.2, 0) is 14.9 Å². The lowest BCUT2D eigenvalue weighted by Gasteiger charge is -2.43. The molecule has 1 saturated carbocycles. The minimum Gasteiger partial charge on any atom is -0.481 e. The minimum absolute atomic E-state index is 0.0989. The van der Waals surface area contributed by atoms with Gasteiger partial charge in [0.05, 0.1) is 29.3 Å². The highest BCUT2D eigenvalue weighted by Gasteiger charge is 2.49. The Labute approximate surface area is 191 Å². The molecule has 5 rings (SSSR count). The zero-order valence-electron chi connectivity index (χ0n) is 19.3. The largest absolute Gasteiger partial charge is 0.481 e. The summed E-state index contributed by atoms with van der Waals surface area (Å²) in [6.07, 6.45) is 2.94. The molecule has 0 bridgehead atoms. The molecule has 2 heterocycles. The predicted molar refractivity (Wildman–Crippen MR) is 126 cm³/mol. The highest BCUT2D eigenvalue weighted by Crippen LogP contribution is 2.55. The summed E-state index contributed by atoms with van der Waals surface area (Å²) < 4.78 is 21.6. The summed E-state index contributed by atoms with van der Waals surface area (Å²) in [4.78, 5) is 11.9. The van der Waals surface area contributed by atoms with E-state index in [9.17, 15) is 14.3 Å². The summed E-state index contributed by atoms with van der Waals surface area (Å²) in [7, 11) is 1.69. The highest BCUT2D eigenvalue weighted by atomic mass is 19.1. The molecule has 2 aromatic heterocycles. The number of aliphatic carboxylic acids is 1. The van der Waals surface area contributed by atoms with Gasteiger partial charge < -0.3 is 14.4 Å². The van der Waals surface area contributed by atoms with E-state index in [-0.39, 0.29) is 17.2 Å². The molecular weight excluding hydrogens is 421 g/mol. The first-order valence-corrected chi connectivity index (χ1v) is 11.1. The first kappa shape index (κ1) is 21.6. The summed E-state index contributed by atoms with van der Waals surface area (Å²) >= 11 is 0. The summed E-state index contributed by atoms with van der Waals surface area (Å²) in [5.74, 6) is -0.946. The van der Waals surface area contributed by atoms with Crippen molar-refractivity contribution >= 4 is 27.8 Å². The van der Waals surface area contributed by atoms with E-state index in [1.807, 2.05) is 6.92 Å². The average molecular weight is 450 g/mol. The molecule has 0 saturated heterocycles. The van der Waals surface area contributed by atoms with Crippen LogP contribution in [0.15, 0.2) is 42.6 Å². The van der Waals surface area contributed by atoms with Gasteiger partial charge in [-0.3, -0.25) is 9.89 Å². The monoisotopic (exact) mass is 449 g/mol. The fraction of sp³-hybridized carbons (Fsp3) is 0.385. The van der Waals surface area contributed by atoms with Crippen molar-refractivity contribution < 1.29 is 19.0 Å². The Balaban J connectivity index is 1.85. The number of fused-ring (bicyclic) bond motifs is 2. The van der Waals surface area contributed by atoms with Crippen LogP contribution in [-0.4, -0.2) is 39.6 Å². The Hall–Kier alpha value is -3.19. The van der Waals surface area contributed by atoms with E-state index in [0.717, 1.165) is 38.8 Å². The second kappa shape index (κ2) is 7.42. The van der Waals surface area contributed by atoms with Gasteiger partial charge in [0.1, 0.15) is 5.82 Å². The lowest BCUT2D eigenvalue weighted by atomic mass is 9.60. The third-order valence-electron chi connectivity index (χ3n) is 7.12. The summed E-state index contributed by atoms with van der Waals surface area (Å²) in [5, 5.41) is 19.0. The van der Waals surface area contributed by atoms with Gasteiger partial charge in [0, 0.05) is 34.7 Å². The minimum atomic E-state index is -0.755. The number of hydrogen-bond donors (Lipinski definition) is 2. The van der Waals surface area contributed by atoms with Crippen molar-refractivity contribution in [1.82, 2.24) is 14.8 Å². The van der Waals surface area contributed by atoms with Crippen molar-refractivity contribution in [3.05, 3.63) is 59.7 Å². The number of carboxylic acid groups (broad SMARTS) is 1. The number of rotatable bonds is 6. The quantitative estimate of drug-likeness (QED) is 0.405. The SMILES string of the molecule is COCC(C)(C)c1c(C2CC(C)(C(=O)O)C2)c2cc3[nH]ncc3cc2n1-c1ccc(F)cc1. The smallest absolute Gasteiger partial charge is 0.309 e. The molecule has 33 heavy (non-hydrogen) atoms. The Morgan fingerprint density at radius 2 is 2.00 bits per heavy atom. The molecule has 0 aliphatic heterocycles. The number of H-pyrrole nitrogens is 1. The number of nitrogens with zero attached hydrogens (tertiary/aromatic N) is 2. The molecule has 2 N–H and O–H groups in total. The second-order valence-electron chi connectivity index (χ2n) is 10.2. The molecule has 7 heteroatoms. The first-order valence-electron chi connectivity index (χ1n) is 11.1. The van der Waals surface area contributed by atoms with Crippen molar-refractivity contribution in [3.63, 3.8) is 0 Å². The Morgan fingerprint density at radius 3 is 2.64 bits per heavy atom. The normalized spacial score (nSPS) is 20.9. The molecule has 6 nitrogen and oxygen atoms in total. The third-order valence-corrected chi connectivity index (χ3v) is 7.12. The Morgan fingerprint density at radius 1 is 1.30 bits per heavy atom. The van der Waals surface area contributed by atoms with Gasteiger partial charge in [-0.1, -0.05) is 13.8 Å². The summed E-state index contributed by atoms with van der Waals surface area (Å²) in [6, 6.07) is 10.7. The number of carbonyl (C=O) groups is 1. The van der Waals surface area contributed by atoms with Gasteiger partial charge in [-0.25, -0.2) is 4.39 Å². The third kappa shape index (κ3) is 3.33. The number of methoxy groups -OCH3 is 1. The Bertz CT molecular complexity index is 1360. The van der Waals surface area contributed by atoms with Crippen LogP contribution in [0, 0.1) is 11.2 Å². The van der Waals surface area contributed by atoms with Crippen LogP contribution >= 0.6 is 0 Å². The molecule has 0 atom stereocenters. The van der Waals surface area contributed by atoms with Crippen LogP contribution in [0.5, 0.6) is 0 Å². The second-order valence-corrected chi connectivity index (χ2v) is 10.2. The van der Waals surface area contributed by atoms with E-state index in [2.05, 4.69) is 40.7 Å². The number of benzene rings is 2. The van der Waals surface area contributed by atoms with E-state index >= 15 is 0 Å². The van der Waals surface area contributed by atoms with Crippen LogP contribution in [0.1, 0.15) is 50.8 Å². The fourth-order valence-corrected chi connectivity index (χ4v) is 5.52. The van der Waals surface area contributed by atoms with Crippen LogP contribution < -0.4 is 0 Å². The number of ether oxygens (including phenoxy) is 1. The van der Waals surface area contributed by atoms with Gasteiger partial charge in [0.15, 0.2) is 0 Å². The van der Waals surface area contributed by atoms with E-state index in [4.69, 9.17) is 4.74 Å². The van der Waals surface area contributed by atoms with Crippen molar-refractivity contribution in [2.75, 3.05) is 13.7 Å². The van der Waals surface area contributed by atoms with Gasteiger partial charge in [-0.15, -0.1) is 0 Å². The summed E-state index contributed by atoms with van der Waals surface area (Å²) in [6.45, 7) is 6.57. The molecule has 172 valence electrons. The van der Waals surface area contributed by atoms with Crippen molar-refractivity contribution in [1.29, 1.82) is 0 Å². The molecule has 4 aromatic rings. The molecule has 2 aromatic carbocycles. The number of hydrogen-bond acceptors (Lipinski definition) is 3. The van der Waals surface area contributed by atoms with E-state index < -0.39 is 11.4 Å². The number of aromatic amines is 1. The van der Waals surface area contributed by atoms with Crippen molar-refractivity contribution in [2.45, 2.75) is 44.9 Å². The number of halogens is 1. The lowest BCUT2D eigenvalue weighted by molar-refractivity contribution is -0.154. The van der Waals surface area contributed by atoms with Gasteiger partial charge in [0.25, 0.3) is 0 Å². The molecular formula is C26H28FN3O3. The van der Waals surface area contributed by atoms with Crippen LogP contribution in [0.4, 0.5) is 4.39 Å². The number of nitrogens with one attached hydrogen (secondary N) is 1. The molecule has 0 spiro atoms. The molecule has 1 aliphatic carbocycles. The topological polar surface area (TPSA) is 80.1 Å². The molecule has 0 amide bonds. The standard InChI is InChI=1S/C26H28FN3O3/c1-25(2,14-33-4)23-22(16-11-26(3,12-16)24(31)32)19-10-20-15(13-28-29-20)9-21(19)30(23)18-7-5-17(27)6-8-18/h5-10,13,16H,11-12,14H2,1-4H3,(H,28,29)(H,31,32). The van der Waals surface area contributed by atoms with Gasteiger partial charge in [-0.2, -0.15) is 5.10 Å². The van der Waals surface area contributed by atoms with Gasteiger partial charge >= 0.3 is 5.97 Å². The maximum absolute atomic E-state index is 13.8. The highest BCUT2D eigenvalue weighted by molar-refractivity contribution is 5.99. The van der Waals surface area contributed by atoms with Gasteiger partial charge in [-0.05, 0) is 67.6 Å². The molecule has 0 unspecified atom stereocenters. The first-order chi connectivity index (χ1) is 15.6. The predicted octanol–water partition coefficient (Wildman–Crippen LogP) is 5.54. The van der Waals surface area contributed by atoms with Crippen molar-refractivity contribution in [3.8, 4) is 5.69 Å². The maximum atomic E-state index is 13.8. The summed E-state index contributed by atoms with van der Waals surface area (Å²) in [5.41, 5.74) is 3.89. The molecule has 1 fully saturated rings. The van der Waals surface area contributed by atoms with Crippen molar-refractivity contribution in [2.24, 2.45) is 5.41 Å². The number of aromatic nitrogens is 3. The fourth-order valence-electron chi connectivity index (χ4n) is 5.52.